The number of pyridine rings is 1. The summed E-state index contributed by atoms with van der Waals surface area (Å²) in [5.41, 5.74) is 2.09. The molecule has 37 heavy (non-hydrogen) atoms. The first-order valence-electron chi connectivity index (χ1n) is 11.2. The Balaban J connectivity index is 1.45. The number of rotatable bonds is 8. The highest BCUT2D eigenvalue weighted by molar-refractivity contribution is 6.34. The number of hydrogen-bond acceptors (Lipinski definition) is 6. The van der Waals surface area contributed by atoms with E-state index in [1.165, 1.54) is 41.2 Å². The van der Waals surface area contributed by atoms with E-state index in [0.717, 1.165) is 0 Å². The Morgan fingerprint density at radius 1 is 1.05 bits per heavy atom. The quantitative estimate of drug-likeness (QED) is 0.283. The van der Waals surface area contributed by atoms with Crippen LogP contribution in [0.5, 0.6) is 0 Å². The van der Waals surface area contributed by atoms with Crippen LogP contribution in [0, 0.1) is 5.82 Å². The zero-order valence-corrected chi connectivity index (χ0v) is 20.0. The molecule has 5 rings (SSSR count). The van der Waals surface area contributed by atoms with Gasteiger partial charge in [-0.05, 0) is 36.4 Å². The fraction of sp³-hybridized carbons (Fsp3) is 0.0769. The highest BCUT2D eigenvalue weighted by Gasteiger charge is 2.20. The minimum absolute atomic E-state index is 0.0996. The number of H-pyrrole nitrogens is 1. The van der Waals surface area contributed by atoms with E-state index in [1.807, 2.05) is 18.2 Å². The highest BCUT2D eigenvalue weighted by Crippen LogP contribution is 2.27. The van der Waals surface area contributed by atoms with E-state index in [4.69, 9.17) is 11.6 Å². The van der Waals surface area contributed by atoms with Crippen LogP contribution < -0.4 is 5.32 Å². The summed E-state index contributed by atoms with van der Waals surface area (Å²) >= 11 is 6.32. The Bertz CT molecular complexity index is 1570. The Morgan fingerprint density at radius 3 is 2.65 bits per heavy atom. The molecule has 184 valence electrons. The maximum Gasteiger partial charge on any atom is 0.258 e. The number of hydrogen-bond donors (Lipinski definition) is 2. The number of Topliss-reactive ketones (excluding diaryl/α,β-unsaturated/α-hetero) is 1. The number of carbonyl (C=O) groups is 2. The number of aromatic amines is 1. The van der Waals surface area contributed by atoms with Crippen molar-refractivity contribution in [2.45, 2.75) is 12.8 Å². The number of carbonyl (C=O) groups excluding carboxylic acids is 2. The van der Waals surface area contributed by atoms with Gasteiger partial charge in [-0.3, -0.25) is 14.6 Å². The Hall–Kier alpha value is -4.70. The molecule has 0 saturated heterocycles. The first-order valence-corrected chi connectivity index (χ1v) is 11.6. The SMILES string of the molecule is O=C(CCc1cn[nH]n1)c1cc(NC(=O)c2cc(-c3ncccc3F)ccc2Cl)n(-c2ccccc2)n1. The molecule has 0 saturated carbocycles. The lowest BCUT2D eigenvalue weighted by Crippen LogP contribution is -2.15. The molecule has 3 heterocycles. The lowest BCUT2D eigenvalue weighted by atomic mass is 10.1. The van der Waals surface area contributed by atoms with Gasteiger partial charge >= 0.3 is 0 Å². The van der Waals surface area contributed by atoms with Crippen LogP contribution in [0.15, 0.2) is 79.1 Å². The first kappa shape index (κ1) is 24.0. The Labute approximate surface area is 215 Å². The fourth-order valence-corrected chi connectivity index (χ4v) is 3.92. The normalized spacial score (nSPS) is 10.9. The summed E-state index contributed by atoms with van der Waals surface area (Å²) in [5.74, 6) is -1.03. The van der Waals surface area contributed by atoms with Crippen LogP contribution in [0.4, 0.5) is 10.2 Å². The molecule has 0 fully saturated rings. The van der Waals surface area contributed by atoms with Crippen LogP contribution in [-0.2, 0) is 6.42 Å². The predicted molar refractivity (Wildman–Crippen MR) is 135 cm³/mol. The predicted octanol–water partition coefficient (Wildman–Crippen LogP) is 4.91. The average molecular weight is 516 g/mol. The molecule has 5 aromatic rings. The monoisotopic (exact) mass is 515 g/mol. The third-order valence-electron chi connectivity index (χ3n) is 5.55. The van der Waals surface area contributed by atoms with Crippen LogP contribution >= 0.6 is 11.6 Å². The summed E-state index contributed by atoms with van der Waals surface area (Å²) in [4.78, 5) is 30.2. The second-order valence-corrected chi connectivity index (χ2v) is 8.44. The van der Waals surface area contributed by atoms with Gasteiger partial charge in [-0.2, -0.15) is 20.5 Å². The first-order chi connectivity index (χ1) is 18.0. The van der Waals surface area contributed by atoms with Gasteiger partial charge in [0.05, 0.1) is 28.2 Å². The molecule has 11 heteroatoms. The number of aromatic nitrogens is 6. The molecule has 0 aliphatic carbocycles. The standard InChI is InChI=1S/C26H19ClFN7O2/c27-20-10-8-16(25-21(28)7-4-12-29-25)13-19(20)26(37)31-24-14-22(23(36)11-9-17-15-30-34-32-17)33-35(24)18-5-2-1-3-6-18/h1-8,10,12-15H,9,11H2,(H,31,37)(H,30,32,34). The van der Waals surface area contributed by atoms with Crippen molar-refractivity contribution in [3.63, 3.8) is 0 Å². The molecule has 2 N–H and O–H groups in total. The van der Waals surface area contributed by atoms with E-state index < -0.39 is 11.7 Å². The van der Waals surface area contributed by atoms with Gasteiger partial charge in [0.25, 0.3) is 5.91 Å². The van der Waals surface area contributed by atoms with Crippen LogP contribution in [0.25, 0.3) is 16.9 Å². The molecule has 0 radical (unpaired) electrons. The van der Waals surface area contributed by atoms with Gasteiger partial charge in [-0.25, -0.2) is 9.07 Å². The summed E-state index contributed by atoms with van der Waals surface area (Å²) in [6.45, 7) is 0. The summed E-state index contributed by atoms with van der Waals surface area (Å²) < 4.78 is 15.7. The van der Waals surface area contributed by atoms with Crippen molar-refractivity contribution in [3.05, 3.63) is 107 Å². The summed E-state index contributed by atoms with van der Waals surface area (Å²) in [7, 11) is 0. The topological polar surface area (TPSA) is 118 Å². The van der Waals surface area contributed by atoms with Gasteiger partial charge < -0.3 is 5.32 Å². The largest absolute Gasteiger partial charge is 0.306 e. The number of amides is 1. The molecule has 0 bridgehead atoms. The number of para-hydroxylation sites is 1. The van der Waals surface area contributed by atoms with Gasteiger partial charge in [0.15, 0.2) is 5.78 Å². The van der Waals surface area contributed by atoms with Crippen molar-refractivity contribution in [2.24, 2.45) is 0 Å². The molecule has 0 unspecified atom stereocenters. The average Bonchev–Trinajstić information content (AvgIpc) is 3.59. The van der Waals surface area contributed by atoms with E-state index in [-0.39, 0.29) is 40.0 Å². The molecule has 0 spiro atoms. The number of benzene rings is 2. The fourth-order valence-electron chi connectivity index (χ4n) is 3.72. The maximum atomic E-state index is 14.3. The van der Waals surface area contributed by atoms with Crippen molar-refractivity contribution < 1.29 is 14.0 Å². The second kappa shape index (κ2) is 10.5. The van der Waals surface area contributed by atoms with Gasteiger partial charge in [0, 0.05) is 30.7 Å². The van der Waals surface area contributed by atoms with E-state index in [2.05, 4.69) is 30.8 Å². The summed E-state index contributed by atoms with van der Waals surface area (Å²) in [5, 5.41) is 17.6. The molecule has 0 aliphatic heterocycles. The van der Waals surface area contributed by atoms with E-state index >= 15 is 0 Å². The third-order valence-corrected chi connectivity index (χ3v) is 5.88. The smallest absolute Gasteiger partial charge is 0.258 e. The molecular weight excluding hydrogens is 497 g/mol. The molecule has 2 aromatic carbocycles. The molecule has 9 nitrogen and oxygen atoms in total. The van der Waals surface area contributed by atoms with E-state index in [0.29, 0.717) is 23.4 Å². The number of nitrogens with one attached hydrogen (secondary N) is 2. The Kier molecular flexibility index (Phi) is 6.82. The molecule has 1 amide bonds. The zero-order valence-electron chi connectivity index (χ0n) is 19.2. The number of anilines is 1. The molecule has 3 aromatic heterocycles. The Morgan fingerprint density at radius 2 is 1.89 bits per heavy atom. The van der Waals surface area contributed by atoms with Crippen molar-refractivity contribution in [1.29, 1.82) is 0 Å². The minimum atomic E-state index is -0.554. The second-order valence-electron chi connectivity index (χ2n) is 8.03. The number of aryl methyl sites for hydroxylation is 1. The minimum Gasteiger partial charge on any atom is -0.306 e. The lowest BCUT2D eigenvalue weighted by Gasteiger charge is -2.11. The van der Waals surface area contributed by atoms with Crippen LogP contribution in [-0.4, -0.2) is 41.9 Å². The van der Waals surface area contributed by atoms with Gasteiger partial charge in [0.1, 0.15) is 23.0 Å². The lowest BCUT2D eigenvalue weighted by molar-refractivity contribution is 0.0976. The van der Waals surface area contributed by atoms with Gasteiger partial charge in [-0.15, -0.1) is 0 Å². The van der Waals surface area contributed by atoms with Crippen LogP contribution in [0.2, 0.25) is 5.02 Å². The number of nitrogens with zero attached hydrogens (tertiary/aromatic N) is 5. The third kappa shape index (κ3) is 5.29. The molecular formula is C26H19ClFN7O2. The van der Waals surface area contributed by atoms with Crippen molar-refractivity contribution in [3.8, 4) is 16.9 Å². The summed E-state index contributed by atoms with van der Waals surface area (Å²) in [6, 6.07) is 17.9. The van der Waals surface area contributed by atoms with Crippen LogP contribution in [0.3, 0.4) is 0 Å². The highest BCUT2D eigenvalue weighted by atomic mass is 35.5. The van der Waals surface area contributed by atoms with E-state index in [1.54, 1.807) is 24.4 Å². The van der Waals surface area contributed by atoms with Crippen LogP contribution in [0.1, 0.15) is 33.0 Å². The number of ketones is 1. The van der Waals surface area contributed by atoms with Crippen molar-refractivity contribution in [2.75, 3.05) is 5.32 Å². The maximum absolute atomic E-state index is 14.3. The van der Waals surface area contributed by atoms with Gasteiger partial charge in [-0.1, -0.05) is 35.9 Å². The van der Waals surface area contributed by atoms with Crippen molar-refractivity contribution >= 4 is 29.1 Å². The zero-order chi connectivity index (χ0) is 25.8. The van der Waals surface area contributed by atoms with Crippen molar-refractivity contribution in [1.82, 2.24) is 30.2 Å². The summed E-state index contributed by atoms with van der Waals surface area (Å²) in [6.07, 6.45) is 3.57. The van der Waals surface area contributed by atoms with E-state index in [9.17, 15) is 14.0 Å². The van der Waals surface area contributed by atoms with Gasteiger partial charge in [0.2, 0.25) is 0 Å². The molecule has 0 aliphatic rings. The number of halogens is 2. The molecule has 0 atom stereocenters.